The Labute approximate surface area is 239 Å². The lowest BCUT2D eigenvalue weighted by molar-refractivity contribution is 0.539. The second-order valence-corrected chi connectivity index (χ2v) is 10.2. The minimum atomic E-state index is 0.685. The Morgan fingerprint density at radius 1 is 0.310 bits per heavy atom. The molecule has 6 heteroatoms. The first-order chi connectivity index (χ1) is 20.9. The van der Waals surface area contributed by atoms with Gasteiger partial charge in [-0.15, -0.1) is 0 Å². The van der Waals surface area contributed by atoms with Crippen molar-refractivity contribution in [2.45, 2.75) is 0 Å². The van der Waals surface area contributed by atoms with E-state index in [9.17, 15) is 0 Å². The van der Waals surface area contributed by atoms with Gasteiger partial charge >= 0.3 is 0 Å². The van der Waals surface area contributed by atoms with Gasteiger partial charge in [0.15, 0.2) is 0 Å². The van der Waals surface area contributed by atoms with E-state index in [-0.39, 0.29) is 0 Å². The van der Waals surface area contributed by atoms with Gasteiger partial charge in [0.2, 0.25) is 23.5 Å². The van der Waals surface area contributed by atoms with Crippen LogP contribution in [0.5, 0.6) is 0 Å². The summed E-state index contributed by atoms with van der Waals surface area (Å²) in [7, 11) is 0. The lowest BCUT2D eigenvalue weighted by atomic mass is 9.88. The summed E-state index contributed by atoms with van der Waals surface area (Å²) < 4.78 is 23.5. The molecule has 0 atom stereocenters. The standard InChI is InChI=1S/C36H22N2O4/c1-7-23-24-8-2-10-28-30(38(33-13-5-21-41-33)34-14-6-22-42-34)18-16-26(36(24)28)25-15-17-29(27(9-1)35(23)25)37(31-11-3-19-39-31)32-12-4-20-40-32/h1-22H. The molecule has 0 N–H and O–H groups in total. The molecule has 200 valence electrons. The molecule has 0 bridgehead atoms. The predicted molar refractivity (Wildman–Crippen MR) is 166 cm³/mol. The Hall–Kier alpha value is -5.88. The molecule has 5 aromatic carbocycles. The molecule has 6 nitrogen and oxygen atoms in total. The molecule has 0 fully saturated rings. The Balaban J connectivity index is 1.35. The fraction of sp³-hybridized carbons (Fsp3) is 0. The third kappa shape index (κ3) is 3.20. The number of fused-ring (bicyclic) bond motifs is 2. The highest BCUT2D eigenvalue weighted by molar-refractivity contribution is 6.35. The fourth-order valence-electron chi connectivity index (χ4n) is 6.35. The summed E-state index contributed by atoms with van der Waals surface area (Å²) in [5.41, 5.74) is 1.96. The van der Waals surface area contributed by atoms with Crippen LogP contribution < -0.4 is 9.80 Å². The van der Waals surface area contributed by atoms with Gasteiger partial charge in [-0.05, 0) is 68.7 Å². The molecule has 0 spiro atoms. The van der Waals surface area contributed by atoms with E-state index in [0.29, 0.717) is 23.5 Å². The molecule has 0 unspecified atom stereocenters. The van der Waals surface area contributed by atoms with Crippen molar-refractivity contribution in [3.8, 4) is 0 Å². The number of benzene rings is 5. The second-order valence-electron chi connectivity index (χ2n) is 10.2. The van der Waals surface area contributed by atoms with Gasteiger partial charge < -0.3 is 17.7 Å². The normalized spacial score (nSPS) is 11.8. The highest BCUT2D eigenvalue weighted by atomic mass is 16.4. The largest absolute Gasteiger partial charge is 0.448 e. The second kappa shape index (κ2) is 8.81. The molecule has 4 heterocycles. The van der Waals surface area contributed by atoms with Gasteiger partial charge in [0.1, 0.15) is 0 Å². The zero-order chi connectivity index (χ0) is 27.6. The average molecular weight is 547 g/mol. The van der Waals surface area contributed by atoms with Gasteiger partial charge in [0.05, 0.1) is 36.4 Å². The van der Waals surface area contributed by atoms with E-state index in [0.717, 1.165) is 22.1 Å². The van der Waals surface area contributed by atoms with Crippen LogP contribution >= 0.6 is 0 Å². The van der Waals surface area contributed by atoms with E-state index in [4.69, 9.17) is 17.7 Å². The van der Waals surface area contributed by atoms with E-state index in [2.05, 4.69) is 60.7 Å². The van der Waals surface area contributed by atoms with Crippen molar-refractivity contribution in [2.75, 3.05) is 9.80 Å². The minimum Gasteiger partial charge on any atom is -0.448 e. The number of rotatable bonds is 6. The first-order valence-corrected chi connectivity index (χ1v) is 13.7. The molecule has 9 rings (SSSR count). The smallest absolute Gasteiger partial charge is 0.206 e. The molecule has 0 radical (unpaired) electrons. The van der Waals surface area contributed by atoms with Crippen molar-refractivity contribution >= 4 is 78.0 Å². The number of hydrogen-bond donors (Lipinski definition) is 0. The quantitative estimate of drug-likeness (QED) is 0.153. The summed E-state index contributed by atoms with van der Waals surface area (Å²) in [5, 5.41) is 9.33. The highest BCUT2D eigenvalue weighted by Gasteiger charge is 2.24. The van der Waals surface area contributed by atoms with Crippen molar-refractivity contribution in [3.05, 3.63) is 134 Å². The van der Waals surface area contributed by atoms with Gasteiger partial charge in [-0.3, -0.25) is 9.80 Å². The molecule has 0 aliphatic rings. The maximum absolute atomic E-state index is 5.87. The maximum Gasteiger partial charge on any atom is 0.206 e. The summed E-state index contributed by atoms with van der Waals surface area (Å²) in [4.78, 5) is 4.04. The Kier molecular flexibility index (Phi) is 4.80. The third-order valence-corrected chi connectivity index (χ3v) is 8.00. The lowest BCUT2D eigenvalue weighted by Gasteiger charge is -2.25. The minimum absolute atomic E-state index is 0.685. The van der Waals surface area contributed by atoms with E-state index in [1.807, 2.05) is 58.3 Å². The van der Waals surface area contributed by atoms with Crippen LogP contribution in [0.2, 0.25) is 0 Å². The number of nitrogens with zero attached hydrogens (tertiary/aromatic N) is 2. The fourth-order valence-corrected chi connectivity index (χ4v) is 6.35. The topological polar surface area (TPSA) is 59.0 Å². The van der Waals surface area contributed by atoms with Crippen molar-refractivity contribution in [3.63, 3.8) is 0 Å². The number of anilines is 6. The third-order valence-electron chi connectivity index (χ3n) is 8.00. The number of hydrogen-bond acceptors (Lipinski definition) is 6. The summed E-state index contributed by atoms with van der Waals surface area (Å²) in [6.07, 6.45) is 6.72. The molecule has 42 heavy (non-hydrogen) atoms. The molecule has 4 aromatic heterocycles. The Bertz CT molecular complexity index is 2040. The van der Waals surface area contributed by atoms with Gasteiger partial charge in [-0.1, -0.05) is 48.5 Å². The van der Waals surface area contributed by atoms with Crippen LogP contribution in [0.1, 0.15) is 0 Å². The molecule has 0 saturated carbocycles. The first kappa shape index (κ1) is 22.9. The zero-order valence-electron chi connectivity index (χ0n) is 22.2. The summed E-state index contributed by atoms with van der Waals surface area (Å²) >= 11 is 0. The molecule has 0 saturated heterocycles. The Morgan fingerprint density at radius 2 is 0.643 bits per heavy atom. The van der Waals surface area contributed by atoms with E-state index in [1.54, 1.807) is 25.1 Å². The van der Waals surface area contributed by atoms with Crippen LogP contribution in [0.3, 0.4) is 0 Å². The van der Waals surface area contributed by atoms with Crippen LogP contribution in [0.15, 0.2) is 152 Å². The van der Waals surface area contributed by atoms with Crippen molar-refractivity contribution < 1.29 is 17.7 Å². The SMILES string of the molecule is c1coc(N(c2ccco2)c2ccc3c4ccc(N(c5ccco5)c5ccco5)c5cccc(c6cccc2c63)c54)c1. The molecule has 0 aliphatic carbocycles. The molecule has 0 amide bonds. The Morgan fingerprint density at radius 3 is 0.976 bits per heavy atom. The van der Waals surface area contributed by atoms with Gasteiger partial charge in [0.25, 0.3) is 0 Å². The van der Waals surface area contributed by atoms with E-state index < -0.39 is 0 Å². The average Bonchev–Trinajstić information content (AvgIpc) is 3.87. The van der Waals surface area contributed by atoms with E-state index >= 15 is 0 Å². The van der Waals surface area contributed by atoms with Crippen molar-refractivity contribution in [1.82, 2.24) is 0 Å². The van der Waals surface area contributed by atoms with Gasteiger partial charge in [-0.2, -0.15) is 0 Å². The monoisotopic (exact) mass is 546 g/mol. The summed E-state index contributed by atoms with van der Waals surface area (Å²) in [6, 6.07) is 37.1. The molecule has 0 aliphatic heterocycles. The molecular formula is C36H22N2O4. The summed E-state index contributed by atoms with van der Waals surface area (Å²) in [6.45, 7) is 0. The predicted octanol–water partition coefficient (Wildman–Crippen LogP) is 11.0. The first-order valence-electron chi connectivity index (χ1n) is 13.7. The van der Waals surface area contributed by atoms with Crippen LogP contribution in [-0.4, -0.2) is 0 Å². The van der Waals surface area contributed by atoms with Gasteiger partial charge in [0, 0.05) is 35.0 Å². The van der Waals surface area contributed by atoms with Crippen LogP contribution in [0.4, 0.5) is 34.9 Å². The lowest BCUT2D eigenvalue weighted by Crippen LogP contribution is -2.09. The van der Waals surface area contributed by atoms with Crippen molar-refractivity contribution in [1.29, 1.82) is 0 Å². The number of furan rings is 4. The highest BCUT2D eigenvalue weighted by Crippen LogP contribution is 2.48. The maximum atomic E-state index is 5.87. The molecule has 9 aromatic rings. The van der Waals surface area contributed by atoms with Crippen molar-refractivity contribution in [2.24, 2.45) is 0 Å². The van der Waals surface area contributed by atoms with Crippen LogP contribution in [-0.2, 0) is 0 Å². The molecular weight excluding hydrogens is 524 g/mol. The van der Waals surface area contributed by atoms with Gasteiger partial charge in [-0.25, -0.2) is 0 Å². The van der Waals surface area contributed by atoms with E-state index in [1.165, 1.54) is 32.3 Å². The van der Waals surface area contributed by atoms with Crippen LogP contribution in [0.25, 0.3) is 43.1 Å². The summed E-state index contributed by atoms with van der Waals surface area (Å²) in [5.74, 6) is 2.74. The van der Waals surface area contributed by atoms with Crippen LogP contribution in [0, 0.1) is 0 Å². The zero-order valence-corrected chi connectivity index (χ0v) is 22.2.